The lowest BCUT2D eigenvalue weighted by atomic mass is 10.2. The molecule has 0 atom stereocenters. The molecule has 3 rings (SSSR count). The molecule has 0 bridgehead atoms. The maximum Gasteiger partial charge on any atom is 0.341 e. The molecule has 0 unspecified atom stereocenters. The number of carbonyl (C=O) groups is 2. The molecule has 1 N–H and O–H groups in total. The van der Waals surface area contributed by atoms with Gasteiger partial charge >= 0.3 is 5.97 Å². The Hall–Kier alpha value is -3.06. The molecule has 2 aromatic rings. The molecule has 0 aliphatic carbocycles. The molecular weight excluding hydrogens is 358 g/mol. The molecule has 148 valence electrons. The maximum absolute atomic E-state index is 12.1. The van der Waals surface area contributed by atoms with Gasteiger partial charge in [0.25, 0.3) is 0 Å². The molecule has 1 amide bonds. The summed E-state index contributed by atoms with van der Waals surface area (Å²) >= 11 is 0. The van der Waals surface area contributed by atoms with Gasteiger partial charge in [-0.2, -0.15) is 0 Å². The number of aryl methyl sites for hydroxylation is 1. The largest absolute Gasteiger partial charge is 0.465 e. The number of piperazine rings is 1. The van der Waals surface area contributed by atoms with Gasteiger partial charge in [0.1, 0.15) is 17.1 Å². The minimum Gasteiger partial charge on any atom is -0.465 e. The summed E-state index contributed by atoms with van der Waals surface area (Å²) in [7, 11) is 3.44. The monoisotopic (exact) mass is 383 g/mol. The lowest BCUT2D eigenvalue weighted by Gasteiger charge is -2.34. The highest BCUT2D eigenvalue weighted by Crippen LogP contribution is 2.20. The van der Waals surface area contributed by atoms with Crippen LogP contribution in [0, 0.1) is 6.92 Å². The van der Waals surface area contributed by atoms with E-state index in [1.54, 1.807) is 13.0 Å². The predicted molar refractivity (Wildman–Crippen MR) is 109 cm³/mol. The first-order valence-electron chi connectivity index (χ1n) is 9.17. The highest BCUT2D eigenvalue weighted by atomic mass is 16.5. The van der Waals surface area contributed by atoms with Crippen molar-refractivity contribution in [3.63, 3.8) is 0 Å². The Morgan fingerprint density at radius 2 is 1.82 bits per heavy atom. The normalized spacial score (nSPS) is 15.0. The minimum absolute atomic E-state index is 0.277. The van der Waals surface area contributed by atoms with E-state index in [-0.39, 0.29) is 5.91 Å². The van der Waals surface area contributed by atoms with E-state index in [0.29, 0.717) is 17.1 Å². The number of likely N-dealkylation sites (N-methyl/N-ethyl adjacent to an activating group) is 1. The molecule has 0 radical (unpaired) electrons. The lowest BCUT2D eigenvalue weighted by Crippen LogP contribution is -2.44. The second kappa shape index (κ2) is 8.75. The molecule has 1 saturated heterocycles. The van der Waals surface area contributed by atoms with Crippen LogP contribution < -0.4 is 10.2 Å². The fraction of sp³-hybridized carbons (Fsp3) is 0.333. The number of nitrogens with one attached hydrogen (secondary N) is 1. The summed E-state index contributed by atoms with van der Waals surface area (Å²) < 4.78 is 10.1. The van der Waals surface area contributed by atoms with Crippen molar-refractivity contribution in [1.82, 2.24) is 4.90 Å². The lowest BCUT2D eigenvalue weighted by molar-refractivity contribution is -0.111. The van der Waals surface area contributed by atoms with Crippen molar-refractivity contribution in [3.8, 4) is 0 Å². The first kappa shape index (κ1) is 19.7. The summed E-state index contributed by atoms with van der Waals surface area (Å²) in [6.07, 6.45) is 2.89. The zero-order chi connectivity index (χ0) is 20.1. The van der Waals surface area contributed by atoms with Crippen LogP contribution in [0.1, 0.15) is 21.9 Å². The fourth-order valence-corrected chi connectivity index (χ4v) is 3.06. The summed E-state index contributed by atoms with van der Waals surface area (Å²) in [5.74, 6) is 0.122. The van der Waals surface area contributed by atoms with Crippen molar-refractivity contribution in [1.29, 1.82) is 0 Å². The van der Waals surface area contributed by atoms with Crippen molar-refractivity contribution < 1.29 is 18.7 Å². The van der Waals surface area contributed by atoms with Crippen molar-refractivity contribution in [3.05, 3.63) is 53.5 Å². The van der Waals surface area contributed by atoms with Crippen LogP contribution in [0.15, 0.2) is 40.8 Å². The van der Waals surface area contributed by atoms with Gasteiger partial charge in [0.2, 0.25) is 5.91 Å². The second-order valence-corrected chi connectivity index (χ2v) is 6.77. The van der Waals surface area contributed by atoms with Crippen LogP contribution in [-0.4, -0.2) is 57.1 Å². The Kier molecular flexibility index (Phi) is 6.16. The Labute approximate surface area is 164 Å². The molecule has 7 heteroatoms. The number of ether oxygens (including phenoxy) is 1. The first-order chi connectivity index (χ1) is 13.5. The Bertz CT molecular complexity index is 862. The molecule has 0 saturated carbocycles. The zero-order valence-electron chi connectivity index (χ0n) is 16.4. The van der Waals surface area contributed by atoms with E-state index in [9.17, 15) is 9.59 Å². The predicted octanol–water partition coefficient (Wildman–Crippen LogP) is 2.78. The molecule has 1 aromatic heterocycles. The van der Waals surface area contributed by atoms with Crippen molar-refractivity contribution in [2.45, 2.75) is 6.92 Å². The van der Waals surface area contributed by atoms with Gasteiger partial charge < -0.3 is 24.3 Å². The van der Waals surface area contributed by atoms with E-state index < -0.39 is 5.97 Å². The molecule has 7 nitrogen and oxygen atoms in total. The SMILES string of the molecule is COC(=O)c1cc(C=CC(=O)Nc2ccc(N3CCN(C)CC3)cc2)oc1C. The molecule has 1 aliphatic rings. The maximum atomic E-state index is 12.1. The number of hydrogen-bond acceptors (Lipinski definition) is 6. The molecule has 2 heterocycles. The van der Waals surface area contributed by atoms with Crippen LogP contribution in [0.2, 0.25) is 0 Å². The number of benzene rings is 1. The Morgan fingerprint density at radius 1 is 1.14 bits per heavy atom. The number of methoxy groups -OCH3 is 1. The molecule has 28 heavy (non-hydrogen) atoms. The van der Waals surface area contributed by atoms with Gasteiger partial charge in [-0.15, -0.1) is 0 Å². The van der Waals surface area contributed by atoms with Crippen molar-refractivity contribution >= 4 is 29.3 Å². The smallest absolute Gasteiger partial charge is 0.341 e. The molecule has 0 spiro atoms. The zero-order valence-corrected chi connectivity index (χ0v) is 16.4. The topological polar surface area (TPSA) is 75.0 Å². The van der Waals surface area contributed by atoms with E-state index in [4.69, 9.17) is 4.42 Å². The molecule has 1 aliphatic heterocycles. The van der Waals surface area contributed by atoms with Crippen LogP contribution in [0.3, 0.4) is 0 Å². The summed E-state index contributed by atoms with van der Waals surface area (Å²) in [5.41, 5.74) is 2.23. The van der Waals surface area contributed by atoms with Gasteiger partial charge in [-0.3, -0.25) is 4.79 Å². The van der Waals surface area contributed by atoms with Crippen LogP contribution in [0.25, 0.3) is 6.08 Å². The van der Waals surface area contributed by atoms with E-state index in [0.717, 1.165) is 37.6 Å². The standard InChI is InChI=1S/C21H25N3O4/c1-15-19(21(26)27-3)14-18(28-15)8-9-20(25)22-16-4-6-17(7-5-16)24-12-10-23(2)11-13-24/h4-9,14H,10-13H2,1-3H3,(H,22,25). The summed E-state index contributed by atoms with van der Waals surface area (Å²) in [6.45, 7) is 5.77. The molecular formula is C21H25N3O4. The van der Waals surface area contributed by atoms with Crippen molar-refractivity contribution in [2.24, 2.45) is 0 Å². The van der Waals surface area contributed by atoms with Crippen LogP contribution in [0.5, 0.6) is 0 Å². The Morgan fingerprint density at radius 3 is 2.46 bits per heavy atom. The van der Waals surface area contributed by atoms with Crippen LogP contribution >= 0.6 is 0 Å². The van der Waals surface area contributed by atoms with Gasteiger partial charge in [0, 0.05) is 43.6 Å². The van der Waals surface area contributed by atoms with Gasteiger partial charge in [0.15, 0.2) is 0 Å². The third-order valence-corrected chi connectivity index (χ3v) is 4.74. The number of hydrogen-bond donors (Lipinski definition) is 1. The third kappa shape index (κ3) is 4.80. The summed E-state index contributed by atoms with van der Waals surface area (Å²) in [4.78, 5) is 28.4. The van der Waals surface area contributed by atoms with Gasteiger partial charge in [-0.25, -0.2) is 4.79 Å². The van der Waals surface area contributed by atoms with E-state index in [2.05, 4.69) is 26.9 Å². The van der Waals surface area contributed by atoms with Crippen LogP contribution in [-0.2, 0) is 9.53 Å². The van der Waals surface area contributed by atoms with Gasteiger partial charge in [0.05, 0.1) is 7.11 Å². The minimum atomic E-state index is -0.467. The number of carbonyl (C=O) groups excluding carboxylic acids is 2. The van der Waals surface area contributed by atoms with E-state index in [1.165, 1.54) is 19.3 Å². The van der Waals surface area contributed by atoms with Crippen LogP contribution in [0.4, 0.5) is 11.4 Å². The average Bonchev–Trinajstić information content (AvgIpc) is 3.08. The second-order valence-electron chi connectivity index (χ2n) is 6.77. The number of anilines is 2. The number of amides is 1. The van der Waals surface area contributed by atoms with Gasteiger partial charge in [-0.05, 0) is 50.4 Å². The number of nitrogens with zero attached hydrogens (tertiary/aromatic N) is 2. The van der Waals surface area contributed by atoms with Crippen molar-refractivity contribution in [2.75, 3.05) is 50.6 Å². The summed E-state index contributed by atoms with van der Waals surface area (Å²) in [5, 5.41) is 2.82. The highest BCUT2D eigenvalue weighted by molar-refractivity contribution is 6.02. The highest BCUT2D eigenvalue weighted by Gasteiger charge is 2.15. The van der Waals surface area contributed by atoms with Gasteiger partial charge in [-0.1, -0.05) is 0 Å². The van der Waals surface area contributed by atoms with E-state index in [1.807, 2.05) is 24.3 Å². The quantitative estimate of drug-likeness (QED) is 0.632. The molecule has 1 aromatic carbocycles. The Balaban J connectivity index is 1.57. The fourth-order valence-electron chi connectivity index (χ4n) is 3.06. The third-order valence-electron chi connectivity index (χ3n) is 4.74. The molecule has 1 fully saturated rings. The average molecular weight is 383 g/mol. The number of esters is 1. The number of furan rings is 1. The summed E-state index contributed by atoms with van der Waals surface area (Å²) in [6, 6.07) is 9.37. The first-order valence-corrected chi connectivity index (χ1v) is 9.17. The van der Waals surface area contributed by atoms with E-state index >= 15 is 0 Å². The number of rotatable bonds is 5.